The molecule has 1 heterocycles. The summed E-state index contributed by atoms with van der Waals surface area (Å²) in [6.45, 7) is 3.21. The van der Waals surface area contributed by atoms with Gasteiger partial charge < -0.3 is 14.8 Å². The van der Waals surface area contributed by atoms with Crippen LogP contribution in [-0.2, 0) is 0 Å². The van der Waals surface area contributed by atoms with Crippen molar-refractivity contribution in [3.8, 4) is 11.6 Å². The SMILES string of the molecule is CCNC(COc1cccc(Cl)c1)c1nccnc1OC. The Kier molecular flexibility index (Phi) is 5.78. The molecule has 21 heavy (non-hydrogen) atoms. The number of nitrogens with zero attached hydrogens (tertiary/aromatic N) is 2. The van der Waals surface area contributed by atoms with Crippen molar-refractivity contribution in [1.29, 1.82) is 0 Å². The lowest BCUT2D eigenvalue weighted by atomic mass is 10.2. The molecule has 1 aromatic carbocycles. The number of halogens is 1. The summed E-state index contributed by atoms with van der Waals surface area (Å²) < 4.78 is 11.0. The number of rotatable bonds is 7. The number of aromatic nitrogens is 2. The van der Waals surface area contributed by atoms with Gasteiger partial charge in [-0.25, -0.2) is 4.98 Å². The van der Waals surface area contributed by atoms with Gasteiger partial charge >= 0.3 is 0 Å². The number of nitrogens with one attached hydrogen (secondary N) is 1. The van der Waals surface area contributed by atoms with Gasteiger partial charge in [0.2, 0.25) is 5.88 Å². The van der Waals surface area contributed by atoms with Crippen molar-refractivity contribution in [2.75, 3.05) is 20.3 Å². The van der Waals surface area contributed by atoms with Gasteiger partial charge in [0.05, 0.1) is 13.2 Å². The Labute approximate surface area is 129 Å². The Morgan fingerprint density at radius 1 is 1.29 bits per heavy atom. The van der Waals surface area contributed by atoms with Gasteiger partial charge in [-0.15, -0.1) is 0 Å². The summed E-state index contributed by atoms with van der Waals surface area (Å²) in [6.07, 6.45) is 3.24. The lowest BCUT2D eigenvalue weighted by Crippen LogP contribution is -2.28. The predicted molar refractivity (Wildman–Crippen MR) is 81.9 cm³/mol. The number of methoxy groups -OCH3 is 1. The first-order valence-electron chi connectivity index (χ1n) is 6.71. The molecular weight excluding hydrogens is 290 g/mol. The molecule has 1 unspecified atom stereocenters. The van der Waals surface area contributed by atoms with Crippen molar-refractivity contribution in [1.82, 2.24) is 15.3 Å². The fraction of sp³-hybridized carbons (Fsp3) is 0.333. The summed E-state index contributed by atoms with van der Waals surface area (Å²) >= 11 is 5.95. The number of benzene rings is 1. The maximum atomic E-state index is 5.95. The van der Waals surface area contributed by atoms with E-state index >= 15 is 0 Å². The van der Waals surface area contributed by atoms with Crippen LogP contribution in [-0.4, -0.2) is 30.2 Å². The molecule has 1 N–H and O–H groups in total. The van der Waals surface area contributed by atoms with Crippen molar-refractivity contribution in [3.05, 3.63) is 47.4 Å². The largest absolute Gasteiger partial charge is 0.491 e. The quantitative estimate of drug-likeness (QED) is 0.852. The minimum atomic E-state index is -0.113. The second-order valence-electron chi connectivity index (χ2n) is 4.33. The van der Waals surface area contributed by atoms with E-state index in [4.69, 9.17) is 21.1 Å². The third-order valence-electron chi connectivity index (χ3n) is 2.88. The summed E-state index contributed by atoms with van der Waals surface area (Å²) in [5.74, 6) is 1.21. The van der Waals surface area contributed by atoms with Crippen molar-refractivity contribution >= 4 is 11.6 Å². The van der Waals surface area contributed by atoms with Crippen LogP contribution in [0.3, 0.4) is 0 Å². The van der Waals surface area contributed by atoms with Crippen molar-refractivity contribution in [2.45, 2.75) is 13.0 Å². The molecule has 1 atom stereocenters. The Bertz CT molecular complexity index is 580. The summed E-state index contributed by atoms with van der Waals surface area (Å²) in [5, 5.41) is 3.96. The molecule has 2 rings (SSSR count). The van der Waals surface area contributed by atoms with Crippen molar-refractivity contribution in [3.63, 3.8) is 0 Å². The van der Waals surface area contributed by atoms with E-state index in [2.05, 4.69) is 15.3 Å². The maximum absolute atomic E-state index is 5.95. The third-order valence-corrected chi connectivity index (χ3v) is 3.11. The minimum absolute atomic E-state index is 0.113. The Morgan fingerprint density at radius 2 is 2.10 bits per heavy atom. The molecule has 0 saturated carbocycles. The van der Waals surface area contributed by atoms with E-state index in [-0.39, 0.29) is 6.04 Å². The van der Waals surface area contributed by atoms with Gasteiger partial charge in [0.15, 0.2) is 0 Å². The van der Waals surface area contributed by atoms with E-state index in [0.717, 1.165) is 12.2 Å². The molecule has 2 aromatic rings. The van der Waals surface area contributed by atoms with E-state index in [9.17, 15) is 0 Å². The third kappa shape index (κ3) is 4.31. The van der Waals surface area contributed by atoms with Crippen LogP contribution in [0.15, 0.2) is 36.7 Å². The van der Waals surface area contributed by atoms with E-state index in [1.54, 1.807) is 25.6 Å². The minimum Gasteiger partial charge on any atom is -0.491 e. The average Bonchev–Trinajstić information content (AvgIpc) is 2.51. The maximum Gasteiger partial charge on any atom is 0.237 e. The van der Waals surface area contributed by atoms with Crippen LogP contribution in [0.1, 0.15) is 18.7 Å². The smallest absolute Gasteiger partial charge is 0.237 e. The number of hydrogen-bond acceptors (Lipinski definition) is 5. The van der Waals surface area contributed by atoms with Crippen molar-refractivity contribution < 1.29 is 9.47 Å². The number of hydrogen-bond donors (Lipinski definition) is 1. The monoisotopic (exact) mass is 307 g/mol. The first-order valence-corrected chi connectivity index (χ1v) is 7.09. The Balaban J connectivity index is 2.12. The van der Waals surface area contributed by atoms with E-state index in [1.165, 1.54) is 0 Å². The molecule has 0 aliphatic rings. The second kappa shape index (κ2) is 7.81. The Morgan fingerprint density at radius 3 is 2.81 bits per heavy atom. The fourth-order valence-corrected chi connectivity index (χ4v) is 2.13. The molecule has 0 spiro atoms. The standard InChI is InChI=1S/C15H18ClN3O2/c1-3-17-13(14-15(20-2)19-8-7-18-14)10-21-12-6-4-5-11(16)9-12/h4-9,13,17H,3,10H2,1-2H3. The van der Waals surface area contributed by atoms with Gasteiger partial charge in [-0.1, -0.05) is 24.6 Å². The zero-order valence-electron chi connectivity index (χ0n) is 12.0. The van der Waals surface area contributed by atoms with E-state index in [0.29, 0.717) is 23.3 Å². The van der Waals surface area contributed by atoms with Crippen LogP contribution < -0.4 is 14.8 Å². The van der Waals surface area contributed by atoms with Crippen LogP contribution in [0.25, 0.3) is 0 Å². The molecule has 0 aliphatic carbocycles. The summed E-state index contributed by atoms with van der Waals surface area (Å²) in [4.78, 5) is 8.51. The van der Waals surface area contributed by atoms with Gasteiger partial charge in [0.1, 0.15) is 18.1 Å². The molecule has 0 amide bonds. The highest BCUT2D eigenvalue weighted by molar-refractivity contribution is 6.30. The number of ether oxygens (including phenoxy) is 2. The summed E-state index contributed by atoms with van der Waals surface area (Å²) in [5.41, 5.74) is 0.726. The molecule has 1 aromatic heterocycles. The number of likely N-dealkylation sites (N-methyl/N-ethyl adjacent to an activating group) is 1. The molecule has 0 bridgehead atoms. The van der Waals surface area contributed by atoms with Gasteiger partial charge in [0.25, 0.3) is 0 Å². The Hall–Kier alpha value is -1.85. The predicted octanol–water partition coefficient (Wildman–Crippen LogP) is 2.87. The van der Waals surface area contributed by atoms with E-state index < -0.39 is 0 Å². The molecular formula is C15H18ClN3O2. The fourth-order valence-electron chi connectivity index (χ4n) is 1.95. The zero-order valence-corrected chi connectivity index (χ0v) is 12.8. The van der Waals surface area contributed by atoms with Crippen LogP contribution >= 0.6 is 11.6 Å². The lowest BCUT2D eigenvalue weighted by molar-refractivity contribution is 0.259. The van der Waals surface area contributed by atoms with Crippen LogP contribution in [0.2, 0.25) is 5.02 Å². The van der Waals surface area contributed by atoms with Gasteiger partial charge in [-0.2, -0.15) is 0 Å². The van der Waals surface area contributed by atoms with Crippen LogP contribution in [0.4, 0.5) is 0 Å². The molecule has 0 aliphatic heterocycles. The van der Waals surface area contributed by atoms with Crippen LogP contribution in [0, 0.1) is 0 Å². The zero-order chi connectivity index (χ0) is 15.1. The topological polar surface area (TPSA) is 56.3 Å². The first-order chi connectivity index (χ1) is 10.2. The normalized spacial score (nSPS) is 12.0. The lowest BCUT2D eigenvalue weighted by Gasteiger charge is -2.19. The van der Waals surface area contributed by atoms with Crippen LogP contribution in [0.5, 0.6) is 11.6 Å². The molecule has 0 radical (unpaired) electrons. The van der Waals surface area contributed by atoms with Crippen molar-refractivity contribution in [2.24, 2.45) is 0 Å². The van der Waals surface area contributed by atoms with Gasteiger partial charge in [0, 0.05) is 17.4 Å². The molecule has 112 valence electrons. The highest BCUT2D eigenvalue weighted by atomic mass is 35.5. The summed E-state index contributed by atoms with van der Waals surface area (Å²) in [6, 6.07) is 7.18. The molecule has 5 nitrogen and oxygen atoms in total. The molecule has 6 heteroatoms. The highest BCUT2D eigenvalue weighted by Crippen LogP contribution is 2.22. The first kappa shape index (κ1) is 15.5. The van der Waals surface area contributed by atoms with Gasteiger partial charge in [-0.3, -0.25) is 4.98 Å². The summed E-state index contributed by atoms with van der Waals surface area (Å²) in [7, 11) is 1.58. The molecule has 0 fully saturated rings. The second-order valence-corrected chi connectivity index (χ2v) is 4.77. The van der Waals surface area contributed by atoms with Gasteiger partial charge in [-0.05, 0) is 24.7 Å². The van der Waals surface area contributed by atoms with E-state index in [1.807, 2.05) is 25.1 Å². The average molecular weight is 308 g/mol. The highest BCUT2D eigenvalue weighted by Gasteiger charge is 2.18. The molecule has 0 saturated heterocycles.